The van der Waals surface area contributed by atoms with E-state index in [1.54, 1.807) is 6.92 Å². The van der Waals surface area contributed by atoms with E-state index in [4.69, 9.17) is 4.74 Å². The van der Waals surface area contributed by atoms with Crippen molar-refractivity contribution in [3.63, 3.8) is 0 Å². The number of carbonyl (C=O) groups excluding carboxylic acids is 1. The number of carbonyl (C=O) groups is 1. The van der Waals surface area contributed by atoms with Crippen molar-refractivity contribution in [2.45, 2.75) is 19.9 Å². The minimum Gasteiger partial charge on any atom is -0.377 e. The van der Waals surface area contributed by atoms with E-state index in [2.05, 4.69) is 26.7 Å². The highest BCUT2D eigenvalue weighted by Gasteiger charge is 2.31. The lowest BCUT2D eigenvalue weighted by Crippen LogP contribution is -2.52. The number of hydrogen-bond acceptors (Lipinski definition) is 6. The van der Waals surface area contributed by atoms with E-state index >= 15 is 0 Å². The highest BCUT2D eigenvalue weighted by molar-refractivity contribution is 5.79. The molecule has 0 bridgehead atoms. The number of nitrogens with one attached hydrogen (secondary N) is 1. The van der Waals surface area contributed by atoms with E-state index in [0.29, 0.717) is 37.8 Å². The Hall–Kier alpha value is -1.77. The van der Waals surface area contributed by atoms with Gasteiger partial charge in [0.2, 0.25) is 5.91 Å². The molecule has 1 N–H and O–H groups in total. The van der Waals surface area contributed by atoms with E-state index in [9.17, 15) is 9.59 Å². The lowest BCUT2D eigenvalue weighted by molar-refractivity contribution is -0.142. The summed E-state index contributed by atoms with van der Waals surface area (Å²) in [5.74, 6) is 0.633. The molecule has 138 valence electrons. The molecule has 0 unspecified atom stereocenters. The predicted molar refractivity (Wildman–Crippen MR) is 93.4 cm³/mol. The van der Waals surface area contributed by atoms with E-state index in [-0.39, 0.29) is 17.5 Å². The topological polar surface area (TPSA) is 81.8 Å². The third-order valence-electron chi connectivity index (χ3n) is 4.94. The molecular formula is C17H27N5O3. The van der Waals surface area contributed by atoms with Gasteiger partial charge in [-0.05, 0) is 13.5 Å². The molecule has 1 atom stereocenters. The Morgan fingerprint density at radius 3 is 2.68 bits per heavy atom. The van der Waals surface area contributed by atoms with Gasteiger partial charge >= 0.3 is 0 Å². The third kappa shape index (κ3) is 4.45. The molecule has 1 aromatic heterocycles. The molecule has 1 aromatic rings. The van der Waals surface area contributed by atoms with Crippen LogP contribution in [0.2, 0.25) is 0 Å². The Labute approximate surface area is 147 Å². The van der Waals surface area contributed by atoms with Crippen molar-refractivity contribution in [3.8, 4) is 0 Å². The zero-order valence-corrected chi connectivity index (χ0v) is 15.0. The van der Waals surface area contributed by atoms with Crippen LogP contribution in [0.4, 0.5) is 0 Å². The second-order valence-corrected chi connectivity index (χ2v) is 6.64. The minimum absolute atomic E-state index is 0.0815. The maximum atomic E-state index is 12.9. The molecule has 8 heteroatoms. The first-order valence-corrected chi connectivity index (χ1v) is 8.96. The van der Waals surface area contributed by atoms with Gasteiger partial charge in [-0.15, -0.1) is 0 Å². The van der Waals surface area contributed by atoms with Crippen LogP contribution in [-0.2, 0) is 9.53 Å². The number of likely N-dealkylation sites (N-methyl/N-ethyl adjacent to an activating group) is 1. The van der Waals surface area contributed by atoms with Gasteiger partial charge in [-0.1, -0.05) is 6.92 Å². The Bertz CT molecular complexity index is 654. The molecule has 2 aliphatic heterocycles. The summed E-state index contributed by atoms with van der Waals surface area (Å²) in [5.41, 5.74) is 0.404. The van der Waals surface area contributed by atoms with E-state index in [1.807, 2.05) is 4.90 Å². The largest absolute Gasteiger partial charge is 0.377 e. The van der Waals surface area contributed by atoms with Gasteiger partial charge in [-0.25, -0.2) is 4.98 Å². The van der Waals surface area contributed by atoms with Gasteiger partial charge < -0.3 is 19.5 Å². The van der Waals surface area contributed by atoms with Crippen LogP contribution in [0.3, 0.4) is 0 Å². The highest BCUT2D eigenvalue weighted by Crippen LogP contribution is 2.22. The van der Waals surface area contributed by atoms with Crippen LogP contribution in [0, 0.1) is 6.92 Å². The first-order chi connectivity index (χ1) is 12.1. The standard InChI is InChI=1S/C17H27N5O3/c1-3-20-4-6-21(7-5-20)11-17(24)22-8-9-25-12-15(22)14-10-16(23)19-13(2)18-14/h10,15H,3-9,11-12H2,1-2H3,(H,18,19,23)/t15-/m1/s1. The summed E-state index contributed by atoms with van der Waals surface area (Å²) in [6, 6.07) is 1.17. The van der Waals surface area contributed by atoms with Crippen molar-refractivity contribution in [3.05, 3.63) is 27.9 Å². The number of H-pyrrole nitrogens is 1. The number of hydrogen-bond donors (Lipinski definition) is 1. The zero-order valence-electron chi connectivity index (χ0n) is 15.0. The van der Waals surface area contributed by atoms with Crippen LogP contribution in [0.1, 0.15) is 24.5 Å². The normalized spacial score (nSPS) is 23.0. The fourth-order valence-electron chi connectivity index (χ4n) is 3.47. The number of rotatable bonds is 4. The number of aromatic amines is 1. The van der Waals surface area contributed by atoms with Gasteiger partial charge in [0.05, 0.1) is 31.5 Å². The molecule has 2 fully saturated rings. The fourth-order valence-corrected chi connectivity index (χ4v) is 3.47. The Morgan fingerprint density at radius 2 is 2.00 bits per heavy atom. The maximum Gasteiger partial charge on any atom is 0.251 e. The lowest BCUT2D eigenvalue weighted by Gasteiger charge is -2.38. The van der Waals surface area contributed by atoms with Crippen molar-refractivity contribution in [2.75, 3.05) is 59.0 Å². The highest BCUT2D eigenvalue weighted by atomic mass is 16.5. The molecule has 0 saturated carbocycles. The van der Waals surface area contributed by atoms with Gasteiger partial charge in [0.25, 0.3) is 5.56 Å². The average Bonchev–Trinajstić information content (AvgIpc) is 2.61. The molecule has 8 nitrogen and oxygen atoms in total. The van der Waals surface area contributed by atoms with E-state index in [0.717, 1.165) is 32.7 Å². The lowest BCUT2D eigenvalue weighted by atomic mass is 10.1. The van der Waals surface area contributed by atoms with Crippen molar-refractivity contribution in [2.24, 2.45) is 0 Å². The van der Waals surface area contributed by atoms with Gasteiger partial charge in [0.15, 0.2) is 0 Å². The van der Waals surface area contributed by atoms with Crippen LogP contribution in [-0.4, -0.2) is 89.6 Å². The second-order valence-electron chi connectivity index (χ2n) is 6.64. The van der Waals surface area contributed by atoms with Crippen molar-refractivity contribution in [1.82, 2.24) is 24.7 Å². The Kier molecular flexibility index (Phi) is 5.82. The zero-order chi connectivity index (χ0) is 17.8. The number of ether oxygens (including phenoxy) is 1. The SMILES string of the molecule is CCN1CCN(CC(=O)N2CCOC[C@@H]2c2cc(=O)[nH]c(C)n2)CC1. The molecule has 3 rings (SSSR count). The van der Waals surface area contributed by atoms with Crippen LogP contribution in [0.15, 0.2) is 10.9 Å². The van der Waals surface area contributed by atoms with Gasteiger partial charge in [-0.3, -0.25) is 14.5 Å². The monoisotopic (exact) mass is 349 g/mol. The van der Waals surface area contributed by atoms with Crippen LogP contribution >= 0.6 is 0 Å². The summed E-state index contributed by atoms with van der Waals surface area (Å²) in [7, 11) is 0. The van der Waals surface area contributed by atoms with Crippen LogP contribution in [0.5, 0.6) is 0 Å². The number of aromatic nitrogens is 2. The smallest absolute Gasteiger partial charge is 0.251 e. The maximum absolute atomic E-state index is 12.9. The fraction of sp³-hybridized carbons (Fsp3) is 0.706. The van der Waals surface area contributed by atoms with E-state index in [1.165, 1.54) is 6.07 Å². The van der Waals surface area contributed by atoms with Gasteiger partial charge in [0.1, 0.15) is 5.82 Å². The van der Waals surface area contributed by atoms with Gasteiger partial charge in [0, 0.05) is 38.8 Å². The molecule has 0 aromatic carbocycles. The number of nitrogens with zero attached hydrogens (tertiary/aromatic N) is 4. The molecule has 25 heavy (non-hydrogen) atoms. The summed E-state index contributed by atoms with van der Waals surface area (Å²) < 4.78 is 5.55. The first kappa shape index (κ1) is 18.0. The summed E-state index contributed by atoms with van der Waals surface area (Å²) in [5, 5.41) is 0. The average molecular weight is 349 g/mol. The van der Waals surface area contributed by atoms with Crippen molar-refractivity contribution >= 4 is 5.91 Å². The molecule has 1 amide bonds. The second kappa shape index (κ2) is 8.07. The Balaban J connectivity index is 1.68. The number of morpholine rings is 1. The van der Waals surface area contributed by atoms with Crippen LogP contribution < -0.4 is 5.56 Å². The van der Waals surface area contributed by atoms with Crippen molar-refractivity contribution in [1.29, 1.82) is 0 Å². The molecule has 3 heterocycles. The predicted octanol–water partition coefficient (Wildman–Crippen LogP) is -0.384. The molecule has 0 radical (unpaired) electrons. The summed E-state index contributed by atoms with van der Waals surface area (Å²) in [6.45, 7) is 10.6. The first-order valence-electron chi connectivity index (χ1n) is 8.96. The summed E-state index contributed by atoms with van der Waals surface area (Å²) >= 11 is 0. The molecule has 2 aliphatic rings. The number of piperazine rings is 1. The summed E-state index contributed by atoms with van der Waals surface area (Å²) in [6.07, 6.45) is 0. The van der Waals surface area contributed by atoms with E-state index < -0.39 is 0 Å². The molecule has 2 saturated heterocycles. The third-order valence-corrected chi connectivity index (χ3v) is 4.94. The number of aryl methyl sites for hydroxylation is 1. The Morgan fingerprint density at radius 1 is 1.28 bits per heavy atom. The molecular weight excluding hydrogens is 322 g/mol. The number of amides is 1. The van der Waals surface area contributed by atoms with Gasteiger partial charge in [-0.2, -0.15) is 0 Å². The van der Waals surface area contributed by atoms with Crippen LogP contribution in [0.25, 0.3) is 0 Å². The summed E-state index contributed by atoms with van der Waals surface area (Å²) in [4.78, 5) is 38.1. The molecule has 0 aliphatic carbocycles. The quantitative estimate of drug-likeness (QED) is 0.798. The van der Waals surface area contributed by atoms with Crippen molar-refractivity contribution < 1.29 is 9.53 Å². The molecule has 0 spiro atoms. The minimum atomic E-state index is -0.292.